The summed E-state index contributed by atoms with van der Waals surface area (Å²) < 4.78 is 13.3. The van der Waals surface area contributed by atoms with Crippen molar-refractivity contribution in [3.05, 3.63) is 29.6 Å². The number of aryl methyl sites for hydroxylation is 1. The summed E-state index contributed by atoms with van der Waals surface area (Å²) in [5.41, 5.74) is 2.10. The molecule has 0 aromatic heterocycles. The van der Waals surface area contributed by atoms with E-state index in [9.17, 15) is 4.39 Å². The van der Waals surface area contributed by atoms with E-state index in [1.165, 1.54) is 25.7 Å². The van der Waals surface area contributed by atoms with Gasteiger partial charge in [0.25, 0.3) is 0 Å². The molecule has 0 radical (unpaired) electrons. The topological polar surface area (TPSA) is 12.0 Å². The van der Waals surface area contributed by atoms with Crippen LogP contribution in [0.25, 0.3) is 0 Å². The van der Waals surface area contributed by atoms with E-state index in [1.54, 1.807) is 6.07 Å². The fraction of sp³-hybridized carbons (Fsp3) is 0.647. The van der Waals surface area contributed by atoms with Crippen molar-refractivity contribution in [3.8, 4) is 0 Å². The first-order chi connectivity index (χ1) is 8.88. The standard InChI is InChI=1S/C17H26FN/c1-12-11-13(9-10-15(12)18)19-16-8-6-5-7-14(16)17(2,3)4/h9-11,14,16,19H,5-8H2,1-4H3. The second kappa shape index (κ2) is 5.52. The van der Waals surface area contributed by atoms with Crippen molar-refractivity contribution >= 4 is 5.69 Å². The Morgan fingerprint density at radius 3 is 2.47 bits per heavy atom. The maximum Gasteiger partial charge on any atom is 0.126 e. The zero-order chi connectivity index (χ0) is 14.0. The summed E-state index contributed by atoms with van der Waals surface area (Å²) in [5, 5.41) is 3.64. The Kier molecular flexibility index (Phi) is 4.17. The third kappa shape index (κ3) is 3.49. The number of halogens is 1. The van der Waals surface area contributed by atoms with Gasteiger partial charge in [0, 0.05) is 11.7 Å². The predicted octanol–water partition coefficient (Wildman–Crippen LogP) is 5.15. The van der Waals surface area contributed by atoms with Crippen LogP contribution in [-0.4, -0.2) is 6.04 Å². The fourth-order valence-corrected chi connectivity index (χ4v) is 3.29. The second-order valence-corrected chi connectivity index (χ2v) is 6.97. The quantitative estimate of drug-likeness (QED) is 0.778. The molecule has 2 heteroatoms. The minimum Gasteiger partial charge on any atom is -0.382 e. The Morgan fingerprint density at radius 1 is 1.16 bits per heavy atom. The molecule has 1 aromatic rings. The number of hydrogen-bond donors (Lipinski definition) is 1. The van der Waals surface area contributed by atoms with Crippen molar-refractivity contribution in [3.63, 3.8) is 0 Å². The van der Waals surface area contributed by atoms with Gasteiger partial charge >= 0.3 is 0 Å². The second-order valence-electron chi connectivity index (χ2n) is 6.97. The van der Waals surface area contributed by atoms with Gasteiger partial charge in [0.1, 0.15) is 5.82 Å². The molecular formula is C17H26FN. The molecule has 0 aliphatic heterocycles. The molecule has 1 aliphatic carbocycles. The molecule has 1 N–H and O–H groups in total. The van der Waals surface area contributed by atoms with Crippen LogP contribution in [0.3, 0.4) is 0 Å². The lowest BCUT2D eigenvalue weighted by Crippen LogP contribution is -2.39. The summed E-state index contributed by atoms with van der Waals surface area (Å²) in [7, 11) is 0. The predicted molar refractivity (Wildman–Crippen MR) is 80.0 cm³/mol. The van der Waals surface area contributed by atoms with Crippen LogP contribution in [0.4, 0.5) is 10.1 Å². The van der Waals surface area contributed by atoms with Crippen molar-refractivity contribution in [1.82, 2.24) is 0 Å². The zero-order valence-corrected chi connectivity index (χ0v) is 12.6. The highest BCUT2D eigenvalue weighted by Gasteiger charge is 2.33. The van der Waals surface area contributed by atoms with Gasteiger partial charge in [-0.15, -0.1) is 0 Å². The summed E-state index contributed by atoms with van der Waals surface area (Å²) in [6.45, 7) is 8.80. The maximum absolute atomic E-state index is 13.3. The van der Waals surface area contributed by atoms with E-state index in [0.717, 1.165) is 5.69 Å². The molecule has 0 amide bonds. The largest absolute Gasteiger partial charge is 0.382 e. The van der Waals surface area contributed by atoms with E-state index in [0.29, 0.717) is 22.9 Å². The summed E-state index contributed by atoms with van der Waals surface area (Å²) in [4.78, 5) is 0. The third-order valence-electron chi connectivity index (χ3n) is 4.39. The number of anilines is 1. The third-order valence-corrected chi connectivity index (χ3v) is 4.39. The Morgan fingerprint density at radius 2 is 1.84 bits per heavy atom. The van der Waals surface area contributed by atoms with E-state index in [2.05, 4.69) is 26.1 Å². The molecule has 0 spiro atoms. The Balaban J connectivity index is 2.13. The molecular weight excluding hydrogens is 237 g/mol. The van der Waals surface area contributed by atoms with Crippen LogP contribution in [0, 0.1) is 24.1 Å². The van der Waals surface area contributed by atoms with Crippen LogP contribution < -0.4 is 5.32 Å². The van der Waals surface area contributed by atoms with Crippen LogP contribution in [0.15, 0.2) is 18.2 Å². The van der Waals surface area contributed by atoms with Gasteiger partial charge in [-0.2, -0.15) is 0 Å². The molecule has 1 saturated carbocycles. The number of hydrogen-bond acceptors (Lipinski definition) is 1. The van der Waals surface area contributed by atoms with E-state index >= 15 is 0 Å². The molecule has 1 fully saturated rings. The molecule has 2 atom stereocenters. The van der Waals surface area contributed by atoms with Crippen LogP contribution >= 0.6 is 0 Å². The van der Waals surface area contributed by atoms with E-state index < -0.39 is 0 Å². The number of nitrogens with one attached hydrogen (secondary N) is 1. The van der Waals surface area contributed by atoms with Gasteiger partial charge in [-0.05, 0) is 54.9 Å². The average Bonchev–Trinajstić information content (AvgIpc) is 2.33. The fourth-order valence-electron chi connectivity index (χ4n) is 3.29. The lowest BCUT2D eigenvalue weighted by Gasteiger charge is -2.41. The summed E-state index contributed by atoms with van der Waals surface area (Å²) >= 11 is 0. The van der Waals surface area contributed by atoms with Gasteiger partial charge in [0.2, 0.25) is 0 Å². The zero-order valence-electron chi connectivity index (χ0n) is 12.6. The summed E-state index contributed by atoms with van der Waals surface area (Å²) in [5.74, 6) is 0.563. The van der Waals surface area contributed by atoms with E-state index in [4.69, 9.17) is 0 Å². The van der Waals surface area contributed by atoms with Gasteiger partial charge < -0.3 is 5.32 Å². The van der Waals surface area contributed by atoms with E-state index in [-0.39, 0.29) is 5.82 Å². The maximum atomic E-state index is 13.3. The monoisotopic (exact) mass is 263 g/mol. The number of benzene rings is 1. The highest BCUT2D eigenvalue weighted by molar-refractivity contribution is 5.47. The lowest BCUT2D eigenvalue weighted by atomic mass is 9.69. The molecule has 106 valence electrons. The van der Waals surface area contributed by atoms with Crippen molar-refractivity contribution in [1.29, 1.82) is 0 Å². The first-order valence-corrected chi connectivity index (χ1v) is 7.40. The van der Waals surface area contributed by atoms with Crippen LogP contribution in [0.5, 0.6) is 0 Å². The van der Waals surface area contributed by atoms with Gasteiger partial charge in [-0.25, -0.2) is 4.39 Å². The molecule has 1 nitrogen and oxygen atoms in total. The lowest BCUT2D eigenvalue weighted by molar-refractivity contribution is 0.163. The van der Waals surface area contributed by atoms with Crippen LogP contribution in [-0.2, 0) is 0 Å². The molecule has 0 saturated heterocycles. The van der Waals surface area contributed by atoms with Gasteiger partial charge in [-0.1, -0.05) is 33.6 Å². The highest BCUT2D eigenvalue weighted by atomic mass is 19.1. The Labute approximate surface area is 116 Å². The van der Waals surface area contributed by atoms with Crippen LogP contribution in [0.1, 0.15) is 52.0 Å². The SMILES string of the molecule is Cc1cc(NC2CCCCC2C(C)(C)C)ccc1F. The summed E-state index contributed by atoms with van der Waals surface area (Å²) in [6, 6.07) is 5.85. The molecule has 1 aromatic carbocycles. The molecule has 2 rings (SSSR count). The van der Waals surface area contributed by atoms with E-state index in [1.807, 2.05) is 19.1 Å². The molecule has 19 heavy (non-hydrogen) atoms. The Hall–Kier alpha value is -1.05. The van der Waals surface area contributed by atoms with Crippen molar-refractivity contribution in [2.24, 2.45) is 11.3 Å². The van der Waals surface area contributed by atoms with Gasteiger partial charge in [-0.3, -0.25) is 0 Å². The van der Waals surface area contributed by atoms with Gasteiger partial charge in [0.15, 0.2) is 0 Å². The molecule has 0 bridgehead atoms. The molecule has 1 aliphatic rings. The minimum atomic E-state index is -0.124. The van der Waals surface area contributed by atoms with Crippen molar-refractivity contribution < 1.29 is 4.39 Å². The smallest absolute Gasteiger partial charge is 0.126 e. The van der Waals surface area contributed by atoms with Crippen molar-refractivity contribution in [2.75, 3.05) is 5.32 Å². The average molecular weight is 263 g/mol. The van der Waals surface area contributed by atoms with Crippen LogP contribution in [0.2, 0.25) is 0 Å². The molecule has 2 unspecified atom stereocenters. The first kappa shape index (κ1) is 14.4. The first-order valence-electron chi connectivity index (χ1n) is 7.40. The summed E-state index contributed by atoms with van der Waals surface area (Å²) in [6.07, 6.45) is 5.15. The highest BCUT2D eigenvalue weighted by Crippen LogP contribution is 2.39. The number of rotatable bonds is 2. The van der Waals surface area contributed by atoms with Gasteiger partial charge in [0.05, 0.1) is 0 Å². The molecule has 0 heterocycles. The minimum absolute atomic E-state index is 0.124. The van der Waals surface area contributed by atoms with Crippen molar-refractivity contribution in [2.45, 2.75) is 59.4 Å². The Bertz CT molecular complexity index is 433. The normalized spacial score (nSPS) is 24.3.